The van der Waals surface area contributed by atoms with Crippen LogP contribution in [0.1, 0.15) is 24.8 Å². The molecule has 0 bridgehead atoms. The molecule has 1 unspecified atom stereocenters. The topological polar surface area (TPSA) is 35.5 Å². The second-order valence-electron chi connectivity index (χ2n) is 6.77. The zero-order valence-electron chi connectivity index (χ0n) is 14.0. The molecule has 0 N–H and O–H groups in total. The van der Waals surface area contributed by atoms with E-state index in [0.717, 1.165) is 30.8 Å². The third-order valence-electron chi connectivity index (χ3n) is 3.77. The van der Waals surface area contributed by atoms with Crippen LogP contribution in [-0.2, 0) is 15.6 Å². The third kappa shape index (κ3) is 4.73. The minimum Gasteiger partial charge on any atom is -0.547 e. The molecule has 22 heavy (non-hydrogen) atoms. The fraction of sp³-hybridized carbons (Fsp3) is 0.500. The number of hydrogen-bond acceptors (Lipinski definition) is 3. The Hall–Kier alpha value is -1.55. The Morgan fingerprint density at radius 3 is 2.45 bits per heavy atom. The first-order valence-corrected chi connectivity index (χ1v) is 11.3. The standard InChI is InChI=1S/C18H26O3Si/c1-20-15-11-8-14(9-12-15)10-13-16-17(19)6-5-7-18(16)21-22(2,3)4/h7-9,11-12,16H,5-6,10,13H2,1-4H3. The Labute approximate surface area is 134 Å². The summed E-state index contributed by atoms with van der Waals surface area (Å²) < 4.78 is 11.3. The molecule has 4 heteroatoms. The Morgan fingerprint density at radius 2 is 1.86 bits per heavy atom. The number of carbonyl (C=O) groups excluding carboxylic acids is 1. The molecule has 0 radical (unpaired) electrons. The Kier molecular flexibility index (Phi) is 5.45. The van der Waals surface area contributed by atoms with Crippen LogP contribution in [0.25, 0.3) is 0 Å². The van der Waals surface area contributed by atoms with Gasteiger partial charge in [0.05, 0.1) is 18.8 Å². The van der Waals surface area contributed by atoms with E-state index in [9.17, 15) is 4.79 Å². The molecule has 0 fully saturated rings. The van der Waals surface area contributed by atoms with Gasteiger partial charge >= 0.3 is 0 Å². The molecule has 0 aromatic heterocycles. The summed E-state index contributed by atoms with van der Waals surface area (Å²) in [5.74, 6) is 2.04. The highest BCUT2D eigenvalue weighted by atomic mass is 28.4. The number of carbonyl (C=O) groups is 1. The molecule has 0 saturated heterocycles. The van der Waals surface area contributed by atoms with Crippen LogP contribution < -0.4 is 4.74 Å². The number of hydrogen-bond donors (Lipinski definition) is 0. The summed E-state index contributed by atoms with van der Waals surface area (Å²) in [4.78, 5) is 12.3. The lowest BCUT2D eigenvalue weighted by molar-refractivity contribution is -0.123. The van der Waals surface area contributed by atoms with Crippen LogP contribution >= 0.6 is 0 Å². The summed E-state index contributed by atoms with van der Waals surface area (Å²) >= 11 is 0. The quantitative estimate of drug-likeness (QED) is 0.732. The van der Waals surface area contributed by atoms with Crippen molar-refractivity contribution in [1.29, 1.82) is 0 Å². The van der Waals surface area contributed by atoms with Crippen molar-refractivity contribution in [2.24, 2.45) is 5.92 Å². The van der Waals surface area contributed by atoms with Crippen molar-refractivity contribution in [3.05, 3.63) is 41.7 Å². The van der Waals surface area contributed by atoms with Gasteiger partial charge in [0, 0.05) is 6.42 Å². The van der Waals surface area contributed by atoms with Gasteiger partial charge in [-0.3, -0.25) is 4.79 Å². The maximum Gasteiger partial charge on any atom is 0.241 e. The molecule has 120 valence electrons. The lowest BCUT2D eigenvalue weighted by Crippen LogP contribution is -2.31. The van der Waals surface area contributed by atoms with Crippen molar-refractivity contribution in [2.75, 3.05) is 7.11 Å². The van der Waals surface area contributed by atoms with Crippen LogP contribution in [0.3, 0.4) is 0 Å². The highest BCUT2D eigenvalue weighted by Gasteiger charge is 2.30. The molecular formula is C18H26O3Si. The first-order chi connectivity index (χ1) is 10.4. The van der Waals surface area contributed by atoms with Crippen LogP contribution in [0, 0.1) is 5.92 Å². The van der Waals surface area contributed by atoms with Gasteiger partial charge in [0.15, 0.2) is 0 Å². The predicted octanol–water partition coefficient (Wildman–Crippen LogP) is 4.34. The summed E-state index contributed by atoms with van der Waals surface area (Å²) in [6.45, 7) is 6.48. The minimum absolute atomic E-state index is 0.0671. The average Bonchev–Trinajstić information content (AvgIpc) is 2.46. The number of rotatable bonds is 6. The van der Waals surface area contributed by atoms with Gasteiger partial charge in [0.25, 0.3) is 0 Å². The van der Waals surface area contributed by atoms with Gasteiger partial charge in [-0.2, -0.15) is 0 Å². The molecule has 0 spiro atoms. The fourth-order valence-corrected chi connectivity index (χ4v) is 3.64. The van der Waals surface area contributed by atoms with E-state index < -0.39 is 8.32 Å². The lowest BCUT2D eigenvalue weighted by atomic mass is 9.87. The van der Waals surface area contributed by atoms with Gasteiger partial charge in [0.1, 0.15) is 11.5 Å². The normalized spacial score (nSPS) is 18.8. The minimum atomic E-state index is -1.67. The van der Waals surface area contributed by atoms with Gasteiger partial charge in [-0.15, -0.1) is 0 Å². The maximum absolute atomic E-state index is 12.3. The summed E-state index contributed by atoms with van der Waals surface area (Å²) in [7, 11) is -0.00659. The molecule has 0 aliphatic heterocycles. The van der Waals surface area contributed by atoms with E-state index in [2.05, 4.69) is 37.8 Å². The molecule has 1 aromatic carbocycles. The molecule has 0 amide bonds. The van der Waals surface area contributed by atoms with Gasteiger partial charge < -0.3 is 9.16 Å². The van der Waals surface area contributed by atoms with Crippen LogP contribution in [0.5, 0.6) is 5.75 Å². The van der Waals surface area contributed by atoms with Crippen molar-refractivity contribution < 1.29 is 14.0 Å². The van der Waals surface area contributed by atoms with Gasteiger partial charge in [-0.25, -0.2) is 0 Å². The van der Waals surface area contributed by atoms with E-state index in [1.807, 2.05) is 12.1 Å². The molecule has 1 aromatic rings. The average molecular weight is 318 g/mol. The number of benzene rings is 1. The monoisotopic (exact) mass is 318 g/mol. The van der Waals surface area contributed by atoms with E-state index >= 15 is 0 Å². The van der Waals surface area contributed by atoms with Crippen molar-refractivity contribution in [2.45, 2.75) is 45.3 Å². The Balaban J connectivity index is 2.02. The molecule has 0 heterocycles. The fourth-order valence-electron chi connectivity index (χ4n) is 2.70. The summed E-state index contributed by atoms with van der Waals surface area (Å²) in [6, 6.07) is 8.06. The first kappa shape index (κ1) is 16.8. The van der Waals surface area contributed by atoms with Crippen LogP contribution in [0.2, 0.25) is 19.6 Å². The van der Waals surface area contributed by atoms with Crippen molar-refractivity contribution in [3.8, 4) is 5.75 Å². The van der Waals surface area contributed by atoms with Gasteiger partial charge in [0.2, 0.25) is 8.32 Å². The van der Waals surface area contributed by atoms with Gasteiger partial charge in [-0.1, -0.05) is 12.1 Å². The number of aryl methyl sites for hydroxylation is 1. The third-order valence-corrected chi connectivity index (χ3v) is 4.62. The van der Waals surface area contributed by atoms with E-state index in [-0.39, 0.29) is 5.92 Å². The number of allylic oxidation sites excluding steroid dienone is 2. The van der Waals surface area contributed by atoms with Crippen molar-refractivity contribution in [3.63, 3.8) is 0 Å². The van der Waals surface area contributed by atoms with Crippen LogP contribution in [0.4, 0.5) is 0 Å². The zero-order chi connectivity index (χ0) is 16.2. The molecule has 2 rings (SSSR count). The predicted molar refractivity (Wildman–Crippen MR) is 91.6 cm³/mol. The van der Waals surface area contributed by atoms with Crippen LogP contribution in [-0.4, -0.2) is 21.2 Å². The van der Waals surface area contributed by atoms with Gasteiger partial charge in [-0.05, 0) is 62.7 Å². The number of ketones is 1. The second kappa shape index (κ2) is 7.14. The van der Waals surface area contributed by atoms with E-state index in [1.54, 1.807) is 7.11 Å². The molecule has 1 aliphatic carbocycles. The Bertz CT molecular complexity index is 540. The molecule has 1 aliphatic rings. The van der Waals surface area contributed by atoms with Crippen LogP contribution in [0.15, 0.2) is 36.1 Å². The maximum atomic E-state index is 12.3. The highest BCUT2D eigenvalue weighted by Crippen LogP contribution is 2.29. The summed E-state index contributed by atoms with van der Waals surface area (Å²) in [6.07, 6.45) is 5.29. The number of methoxy groups -OCH3 is 1. The highest BCUT2D eigenvalue weighted by molar-refractivity contribution is 6.70. The molecule has 1 atom stereocenters. The second-order valence-corrected chi connectivity index (χ2v) is 11.2. The molecular weight excluding hydrogens is 292 g/mol. The van der Waals surface area contributed by atoms with E-state index in [0.29, 0.717) is 12.2 Å². The largest absolute Gasteiger partial charge is 0.547 e. The van der Waals surface area contributed by atoms with Crippen molar-refractivity contribution >= 4 is 14.1 Å². The molecule has 0 saturated carbocycles. The zero-order valence-corrected chi connectivity index (χ0v) is 15.0. The summed E-state index contributed by atoms with van der Waals surface area (Å²) in [5.41, 5.74) is 1.23. The number of Topliss-reactive ketones (excluding diaryl/α,β-unsaturated/α-hetero) is 1. The first-order valence-electron chi connectivity index (χ1n) is 7.94. The summed E-state index contributed by atoms with van der Waals surface area (Å²) in [5, 5.41) is 0. The smallest absolute Gasteiger partial charge is 0.241 e. The SMILES string of the molecule is COc1ccc(CCC2C(=O)CCC=C2O[Si](C)(C)C)cc1. The molecule has 3 nitrogen and oxygen atoms in total. The lowest BCUT2D eigenvalue weighted by Gasteiger charge is -2.29. The number of ether oxygens (including phenoxy) is 1. The van der Waals surface area contributed by atoms with E-state index in [1.165, 1.54) is 5.56 Å². The Morgan fingerprint density at radius 1 is 1.18 bits per heavy atom. The van der Waals surface area contributed by atoms with Crippen molar-refractivity contribution in [1.82, 2.24) is 0 Å². The van der Waals surface area contributed by atoms with E-state index in [4.69, 9.17) is 9.16 Å².